The number of piperidine rings is 1. The number of rotatable bonds is 4. The van der Waals surface area contributed by atoms with Gasteiger partial charge in [-0.2, -0.15) is 5.10 Å². The molecule has 1 aromatic carbocycles. The predicted molar refractivity (Wildman–Crippen MR) is 104 cm³/mol. The number of amides is 1. The maximum Gasteiger partial charge on any atom is 0.271 e. The summed E-state index contributed by atoms with van der Waals surface area (Å²) >= 11 is 0. The largest absolute Gasteiger partial charge is 0.507 e. The van der Waals surface area contributed by atoms with E-state index in [1.54, 1.807) is 35.4 Å². The Morgan fingerprint density at radius 1 is 1.14 bits per heavy atom. The number of aromatic nitrogens is 3. The Kier molecular flexibility index (Phi) is 5.08. The second kappa shape index (κ2) is 7.82. The Labute approximate surface area is 162 Å². The molecule has 7 nitrogen and oxygen atoms in total. The topological polar surface area (TPSA) is 102 Å². The van der Waals surface area contributed by atoms with Gasteiger partial charge in [-0.05, 0) is 49.1 Å². The number of likely N-dealkylation sites (tertiary alicyclic amines) is 1. The monoisotopic (exact) mass is 378 g/mol. The van der Waals surface area contributed by atoms with Gasteiger partial charge >= 0.3 is 0 Å². The lowest BCUT2D eigenvalue weighted by atomic mass is 9.89. The molecule has 0 aliphatic carbocycles. The smallest absolute Gasteiger partial charge is 0.271 e. The summed E-state index contributed by atoms with van der Waals surface area (Å²) in [6, 6.07) is 14.1. The molecule has 3 N–H and O–H groups in total. The molecule has 1 amide bonds. The van der Waals surface area contributed by atoms with Gasteiger partial charge in [0, 0.05) is 24.8 Å². The Balaban J connectivity index is 1.40. The van der Waals surface area contributed by atoms with Crippen molar-refractivity contribution in [1.82, 2.24) is 20.1 Å². The molecule has 1 aliphatic rings. The number of phenolic OH excluding ortho intramolecular Hbond substituents is 1. The molecule has 3 heterocycles. The Morgan fingerprint density at radius 3 is 2.61 bits per heavy atom. The van der Waals surface area contributed by atoms with Gasteiger partial charge in [-0.15, -0.1) is 0 Å². The van der Waals surface area contributed by atoms with Crippen LogP contribution < -0.4 is 0 Å². The molecule has 1 saturated heterocycles. The Morgan fingerprint density at radius 2 is 1.89 bits per heavy atom. The van der Waals surface area contributed by atoms with Crippen molar-refractivity contribution in [1.29, 1.82) is 0 Å². The zero-order chi connectivity index (χ0) is 19.5. The molecule has 3 aromatic rings. The lowest BCUT2D eigenvalue weighted by Gasteiger charge is -2.33. The lowest BCUT2D eigenvalue weighted by molar-refractivity contribution is 0.0444. The van der Waals surface area contributed by atoms with Crippen LogP contribution in [-0.4, -0.2) is 49.3 Å². The van der Waals surface area contributed by atoms with E-state index in [-0.39, 0.29) is 17.6 Å². The van der Waals surface area contributed by atoms with Gasteiger partial charge in [0.2, 0.25) is 0 Å². The fourth-order valence-electron chi connectivity index (χ4n) is 3.64. The highest BCUT2D eigenvalue weighted by Crippen LogP contribution is 2.31. The van der Waals surface area contributed by atoms with Crippen LogP contribution in [0.4, 0.5) is 0 Å². The van der Waals surface area contributed by atoms with Crippen LogP contribution in [0.15, 0.2) is 54.7 Å². The van der Waals surface area contributed by atoms with Crippen molar-refractivity contribution < 1.29 is 15.0 Å². The molecule has 4 rings (SSSR count). The molecule has 1 fully saturated rings. The number of nitrogens with zero attached hydrogens (tertiary/aromatic N) is 3. The molecule has 1 unspecified atom stereocenters. The van der Waals surface area contributed by atoms with E-state index in [1.165, 1.54) is 0 Å². The zero-order valence-corrected chi connectivity index (χ0v) is 15.3. The lowest BCUT2D eigenvalue weighted by Crippen LogP contribution is -2.40. The number of benzene rings is 1. The number of aromatic amines is 1. The highest BCUT2D eigenvalue weighted by molar-refractivity contribution is 5.93. The zero-order valence-electron chi connectivity index (χ0n) is 15.3. The Bertz CT molecular complexity index is 949. The van der Waals surface area contributed by atoms with E-state index in [0.29, 0.717) is 48.6 Å². The molecular weight excluding hydrogens is 356 g/mol. The number of nitrogens with one attached hydrogen (secondary N) is 1. The van der Waals surface area contributed by atoms with Crippen molar-refractivity contribution in [3.63, 3.8) is 0 Å². The number of aromatic hydroxyl groups is 1. The van der Waals surface area contributed by atoms with Gasteiger partial charge < -0.3 is 15.1 Å². The van der Waals surface area contributed by atoms with Crippen LogP contribution in [0.1, 0.15) is 35.1 Å². The molecule has 7 heteroatoms. The third-order valence-electron chi connectivity index (χ3n) is 5.25. The predicted octanol–water partition coefficient (Wildman–Crippen LogP) is 2.76. The first kappa shape index (κ1) is 18.2. The molecule has 0 spiro atoms. The molecule has 1 atom stereocenters. The maximum atomic E-state index is 12.8. The molecule has 0 radical (unpaired) electrons. The minimum atomic E-state index is -0.613. The number of carbonyl (C=O) groups is 1. The normalized spacial score (nSPS) is 16.1. The molecule has 2 aromatic heterocycles. The van der Waals surface area contributed by atoms with Gasteiger partial charge in [0.05, 0.1) is 17.5 Å². The SMILES string of the molecule is O=C(c1cc(-c2ccccc2O)n[nH]1)N1CCC(C(O)c2ccccn2)CC1. The second-order valence-electron chi connectivity index (χ2n) is 7.01. The van der Waals surface area contributed by atoms with Crippen molar-refractivity contribution in [2.75, 3.05) is 13.1 Å². The van der Waals surface area contributed by atoms with E-state index in [1.807, 2.05) is 24.3 Å². The second-order valence-corrected chi connectivity index (χ2v) is 7.01. The van der Waals surface area contributed by atoms with Crippen LogP contribution in [0.5, 0.6) is 5.75 Å². The van der Waals surface area contributed by atoms with Gasteiger partial charge in [0.1, 0.15) is 11.4 Å². The molecule has 144 valence electrons. The summed E-state index contributed by atoms with van der Waals surface area (Å²) in [5.41, 5.74) is 2.17. The molecule has 28 heavy (non-hydrogen) atoms. The average Bonchev–Trinajstić information content (AvgIpc) is 3.24. The average molecular weight is 378 g/mol. The van der Waals surface area contributed by atoms with Gasteiger partial charge in [0.15, 0.2) is 0 Å². The first-order chi connectivity index (χ1) is 13.6. The van der Waals surface area contributed by atoms with E-state index in [9.17, 15) is 15.0 Å². The molecular formula is C21H22N4O3. The summed E-state index contributed by atoms with van der Waals surface area (Å²) in [6.45, 7) is 1.14. The summed E-state index contributed by atoms with van der Waals surface area (Å²) < 4.78 is 0. The number of carbonyl (C=O) groups excluding carboxylic acids is 1. The van der Waals surface area contributed by atoms with Crippen LogP contribution in [0.25, 0.3) is 11.3 Å². The number of phenols is 1. The number of hydrogen-bond acceptors (Lipinski definition) is 5. The van der Waals surface area contributed by atoms with Crippen LogP contribution in [0, 0.1) is 5.92 Å². The summed E-state index contributed by atoms with van der Waals surface area (Å²) in [5, 5.41) is 27.4. The number of H-pyrrole nitrogens is 1. The first-order valence-corrected chi connectivity index (χ1v) is 9.35. The summed E-state index contributed by atoms with van der Waals surface area (Å²) in [5.74, 6) is 0.0785. The van der Waals surface area contributed by atoms with Crippen LogP contribution in [-0.2, 0) is 0 Å². The summed E-state index contributed by atoms with van der Waals surface area (Å²) in [4.78, 5) is 18.8. The third kappa shape index (κ3) is 3.61. The van der Waals surface area contributed by atoms with Crippen molar-refractivity contribution in [2.45, 2.75) is 18.9 Å². The van der Waals surface area contributed by atoms with Crippen LogP contribution in [0.3, 0.4) is 0 Å². The van der Waals surface area contributed by atoms with E-state index < -0.39 is 6.10 Å². The van der Waals surface area contributed by atoms with Gasteiger partial charge in [-0.25, -0.2) is 0 Å². The fraction of sp³-hybridized carbons (Fsp3) is 0.286. The van der Waals surface area contributed by atoms with Crippen molar-refractivity contribution in [2.24, 2.45) is 5.92 Å². The Hall–Kier alpha value is -3.19. The van der Waals surface area contributed by atoms with Crippen molar-refractivity contribution >= 4 is 5.91 Å². The quantitative estimate of drug-likeness (QED) is 0.648. The number of pyridine rings is 1. The van der Waals surface area contributed by atoms with Gasteiger partial charge in [-0.1, -0.05) is 18.2 Å². The highest BCUT2D eigenvalue weighted by Gasteiger charge is 2.30. The highest BCUT2D eigenvalue weighted by atomic mass is 16.3. The van der Waals surface area contributed by atoms with Crippen molar-refractivity contribution in [3.8, 4) is 17.0 Å². The standard InChI is InChI=1S/C21H22N4O3/c26-19-7-2-1-5-15(19)17-13-18(24-23-17)21(28)25-11-8-14(9-12-25)20(27)16-6-3-4-10-22-16/h1-7,10,13-14,20,26-27H,8-9,11-12H2,(H,23,24). The van der Waals surface area contributed by atoms with E-state index >= 15 is 0 Å². The summed E-state index contributed by atoms with van der Waals surface area (Å²) in [7, 11) is 0. The van der Waals surface area contributed by atoms with E-state index in [4.69, 9.17) is 0 Å². The molecule has 1 aliphatic heterocycles. The summed E-state index contributed by atoms with van der Waals surface area (Å²) in [6.07, 6.45) is 2.49. The first-order valence-electron chi connectivity index (χ1n) is 9.35. The number of aliphatic hydroxyl groups excluding tert-OH is 1. The third-order valence-corrected chi connectivity index (χ3v) is 5.25. The number of para-hydroxylation sites is 1. The van der Waals surface area contributed by atoms with Crippen molar-refractivity contribution in [3.05, 3.63) is 66.1 Å². The molecule has 0 saturated carbocycles. The fourth-order valence-corrected chi connectivity index (χ4v) is 3.64. The minimum Gasteiger partial charge on any atom is -0.507 e. The number of hydrogen-bond donors (Lipinski definition) is 3. The van der Waals surface area contributed by atoms with Crippen LogP contribution in [0.2, 0.25) is 0 Å². The van der Waals surface area contributed by atoms with Crippen LogP contribution >= 0.6 is 0 Å². The maximum absolute atomic E-state index is 12.8. The van der Waals surface area contributed by atoms with E-state index in [2.05, 4.69) is 15.2 Å². The van der Waals surface area contributed by atoms with E-state index in [0.717, 1.165) is 0 Å². The van der Waals surface area contributed by atoms with Gasteiger partial charge in [0.25, 0.3) is 5.91 Å². The number of aliphatic hydroxyl groups is 1. The molecule has 0 bridgehead atoms. The minimum absolute atomic E-state index is 0.0811. The van der Waals surface area contributed by atoms with Gasteiger partial charge in [-0.3, -0.25) is 14.9 Å².